The highest BCUT2D eigenvalue weighted by atomic mass is 35.5. The zero-order valence-corrected chi connectivity index (χ0v) is 9.53. The summed E-state index contributed by atoms with van der Waals surface area (Å²) in [5.41, 5.74) is 0. The molecule has 0 bridgehead atoms. The standard InChI is InChI=1S/C11H16ClN3/c12-5-1-3-10-4-2-8-15(10)11-9-13-6-7-14-11/h6-7,9-10H,1-5,8H2. The Morgan fingerprint density at radius 2 is 2.40 bits per heavy atom. The van der Waals surface area contributed by atoms with Crippen molar-refractivity contribution in [3.63, 3.8) is 0 Å². The number of nitrogens with zero attached hydrogens (tertiary/aromatic N) is 3. The Balaban J connectivity index is 2.01. The molecule has 1 unspecified atom stereocenters. The second kappa shape index (κ2) is 5.31. The van der Waals surface area contributed by atoms with Gasteiger partial charge < -0.3 is 4.90 Å². The first kappa shape index (κ1) is 10.7. The molecule has 0 aromatic carbocycles. The fraction of sp³-hybridized carbons (Fsp3) is 0.636. The molecule has 3 nitrogen and oxygen atoms in total. The number of hydrogen-bond donors (Lipinski definition) is 0. The molecule has 2 heterocycles. The van der Waals surface area contributed by atoms with Crippen LogP contribution in [-0.2, 0) is 0 Å². The van der Waals surface area contributed by atoms with E-state index < -0.39 is 0 Å². The lowest BCUT2D eigenvalue weighted by Crippen LogP contribution is -2.29. The van der Waals surface area contributed by atoms with Gasteiger partial charge in [-0.25, -0.2) is 4.98 Å². The molecular weight excluding hydrogens is 210 g/mol. The molecule has 0 N–H and O–H groups in total. The number of anilines is 1. The van der Waals surface area contributed by atoms with Gasteiger partial charge in [-0.1, -0.05) is 0 Å². The van der Waals surface area contributed by atoms with Crippen LogP contribution in [0.1, 0.15) is 25.7 Å². The van der Waals surface area contributed by atoms with Gasteiger partial charge in [-0.3, -0.25) is 4.98 Å². The van der Waals surface area contributed by atoms with E-state index in [-0.39, 0.29) is 0 Å². The van der Waals surface area contributed by atoms with Crippen molar-refractivity contribution in [3.8, 4) is 0 Å². The van der Waals surface area contributed by atoms with Crippen molar-refractivity contribution in [3.05, 3.63) is 18.6 Å². The Kier molecular flexibility index (Phi) is 3.78. The number of aromatic nitrogens is 2. The highest BCUT2D eigenvalue weighted by Crippen LogP contribution is 2.25. The molecule has 1 aliphatic heterocycles. The van der Waals surface area contributed by atoms with Gasteiger partial charge in [0.2, 0.25) is 0 Å². The van der Waals surface area contributed by atoms with Crippen LogP contribution in [0.5, 0.6) is 0 Å². The molecule has 15 heavy (non-hydrogen) atoms. The van der Waals surface area contributed by atoms with E-state index in [0.29, 0.717) is 6.04 Å². The smallest absolute Gasteiger partial charge is 0.147 e. The molecule has 82 valence electrons. The van der Waals surface area contributed by atoms with Crippen LogP contribution in [0.3, 0.4) is 0 Å². The number of alkyl halides is 1. The fourth-order valence-electron chi connectivity index (χ4n) is 2.19. The maximum absolute atomic E-state index is 5.73. The van der Waals surface area contributed by atoms with Gasteiger partial charge in [0.15, 0.2) is 0 Å². The summed E-state index contributed by atoms with van der Waals surface area (Å²) >= 11 is 5.73. The van der Waals surface area contributed by atoms with Gasteiger partial charge in [0.05, 0.1) is 6.20 Å². The molecule has 4 heteroatoms. The van der Waals surface area contributed by atoms with Gasteiger partial charge in [0.1, 0.15) is 5.82 Å². The summed E-state index contributed by atoms with van der Waals surface area (Å²) in [6, 6.07) is 0.612. The van der Waals surface area contributed by atoms with E-state index in [2.05, 4.69) is 14.9 Å². The Bertz CT molecular complexity index is 291. The lowest BCUT2D eigenvalue weighted by Gasteiger charge is -2.24. The second-order valence-corrected chi connectivity index (χ2v) is 4.26. The van der Waals surface area contributed by atoms with Crippen molar-refractivity contribution in [2.45, 2.75) is 31.7 Å². The number of hydrogen-bond acceptors (Lipinski definition) is 3. The third kappa shape index (κ3) is 2.59. The molecule has 2 rings (SSSR count). The van der Waals surface area contributed by atoms with Gasteiger partial charge in [0.25, 0.3) is 0 Å². The van der Waals surface area contributed by atoms with Gasteiger partial charge in [0, 0.05) is 30.9 Å². The summed E-state index contributed by atoms with van der Waals surface area (Å²) < 4.78 is 0. The largest absolute Gasteiger partial charge is 0.352 e. The van der Waals surface area contributed by atoms with Crippen LogP contribution < -0.4 is 4.90 Å². The van der Waals surface area contributed by atoms with Crippen LogP contribution in [0.4, 0.5) is 5.82 Å². The van der Waals surface area contributed by atoms with Gasteiger partial charge in [-0.05, 0) is 25.7 Å². The van der Waals surface area contributed by atoms with E-state index in [0.717, 1.165) is 24.7 Å². The molecule has 0 spiro atoms. The molecule has 0 aliphatic carbocycles. The highest BCUT2D eigenvalue weighted by molar-refractivity contribution is 6.17. The SMILES string of the molecule is ClCCCC1CCCN1c1cnccn1. The van der Waals surface area contributed by atoms with E-state index in [4.69, 9.17) is 11.6 Å². The lowest BCUT2D eigenvalue weighted by molar-refractivity contribution is 0.598. The van der Waals surface area contributed by atoms with Crippen molar-refractivity contribution in [2.75, 3.05) is 17.3 Å². The van der Waals surface area contributed by atoms with Crippen molar-refractivity contribution in [1.82, 2.24) is 9.97 Å². The summed E-state index contributed by atoms with van der Waals surface area (Å²) in [5, 5.41) is 0. The van der Waals surface area contributed by atoms with Gasteiger partial charge >= 0.3 is 0 Å². The predicted octanol–water partition coefficient (Wildman–Crippen LogP) is 2.46. The Morgan fingerprint density at radius 3 is 3.13 bits per heavy atom. The molecule has 1 fully saturated rings. The quantitative estimate of drug-likeness (QED) is 0.738. The number of halogens is 1. The van der Waals surface area contributed by atoms with E-state index in [1.165, 1.54) is 19.3 Å². The minimum absolute atomic E-state index is 0.612. The highest BCUT2D eigenvalue weighted by Gasteiger charge is 2.24. The molecule has 1 aromatic rings. The van der Waals surface area contributed by atoms with Gasteiger partial charge in [-0.15, -0.1) is 11.6 Å². The zero-order chi connectivity index (χ0) is 10.5. The minimum Gasteiger partial charge on any atom is -0.352 e. The minimum atomic E-state index is 0.612. The van der Waals surface area contributed by atoms with E-state index in [1.807, 2.05) is 6.20 Å². The van der Waals surface area contributed by atoms with Crippen LogP contribution >= 0.6 is 11.6 Å². The van der Waals surface area contributed by atoms with Crippen LogP contribution in [0, 0.1) is 0 Å². The molecule has 1 atom stereocenters. The fourth-order valence-corrected chi connectivity index (χ4v) is 2.34. The van der Waals surface area contributed by atoms with E-state index >= 15 is 0 Å². The number of rotatable bonds is 4. The predicted molar refractivity (Wildman–Crippen MR) is 62.4 cm³/mol. The molecule has 1 saturated heterocycles. The maximum Gasteiger partial charge on any atom is 0.147 e. The topological polar surface area (TPSA) is 29.0 Å². The maximum atomic E-state index is 5.73. The Labute approximate surface area is 95.5 Å². The summed E-state index contributed by atoms with van der Waals surface area (Å²) in [4.78, 5) is 10.8. The molecule has 0 amide bonds. The third-order valence-electron chi connectivity index (χ3n) is 2.89. The van der Waals surface area contributed by atoms with Crippen LogP contribution in [0.2, 0.25) is 0 Å². The van der Waals surface area contributed by atoms with Crippen LogP contribution in [0.15, 0.2) is 18.6 Å². The van der Waals surface area contributed by atoms with Crippen molar-refractivity contribution >= 4 is 17.4 Å². The third-order valence-corrected chi connectivity index (χ3v) is 3.16. The normalized spacial score (nSPS) is 20.9. The summed E-state index contributed by atoms with van der Waals surface area (Å²) in [5.74, 6) is 1.76. The lowest BCUT2D eigenvalue weighted by atomic mass is 10.1. The van der Waals surface area contributed by atoms with Gasteiger partial charge in [-0.2, -0.15) is 0 Å². The first-order chi connectivity index (χ1) is 7.42. The van der Waals surface area contributed by atoms with Crippen molar-refractivity contribution < 1.29 is 0 Å². The van der Waals surface area contributed by atoms with Crippen molar-refractivity contribution in [2.24, 2.45) is 0 Å². The molecule has 1 aromatic heterocycles. The molecular formula is C11H16ClN3. The average molecular weight is 226 g/mol. The van der Waals surface area contributed by atoms with Crippen molar-refractivity contribution in [1.29, 1.82) is 0 Å². The molecule has 0 saturated carbocycles. The Hall–Kier alpha value is -0.830. The zero-order valence-electron chi connectivity index (χ0n) is 8.77. The summed E-state index contributed by atoms with van der Waals surface area (Å²) in [6.45, 7) is 1.10. The average Bonchev–Trinajstić information content (AvgIpc) is 2.75. The molecule has 0 radical (unpaired) electrons. The first-order valence-electron chi connectivity index (χ1n) is 5.50. The van der Waals surface area contributed by atoms with Crippen LogP contribution in [-0.4, -0.2) is 28.4 Å². The Morgan fingerprint density at radius 1 is 1.47 bits per heavy atom. The molecule has 1 aliphatic rings. The summed E-state index contributed by atoms with van der Waals surface area (Å²) in [7, 11) is 0. The summed E-state index contributed by atoms with van der Waals surface area (Å²) in [6.07, 6.45) is 10.1. The van der Waals surface area contributed by atoms with E-state index in [9.17, 15) is 0 Å². The van der Waals surface area contributed by atoms with E-state index in [1.54, 1.807) is 12.4 Å². The first-order valence-corrected chi connectivity index (χ1v) is 6.04. The second-order valence-electron chi connectivity index (χ2n) is 3.88. The monoisotopic (exact) mass is 225 g/mol. The van der Waals surface area contributed by atoms with Crippen LogP contribution in [0.25, 0.3) is 0 Å².